The van der Waals surface area contributed by atoms with Gasteiger partial charge >= 0.3 is 0 Å². The van der Waals surface area contributed by atoms with E-state index >= 15 is 0 Å². The summed E-state index contributed by atoms with van der Waals surface area (Å²) >= 11 is 4.18. The summed E-state index contributed by atoms with van der Waals surface area (Å²) in [6.45, 7) is 3.02. The Balaban J connectivity index is 2.21. The van der Waals surface area contributed by atoms with Gasteiger partial charge in [0.15, 0.2) is 0 Å². The van der Waals surface area contributed by atoms with E-state index in [2.05, 4.69) is 43.8 Å². The van der Waals surface area contributed by atoms with Crippen LogP contribution in [-0.2, 0) is 6.42 Å². The minimum atomic E-state index is 0.820. The Kier molecular flexibility index (Phi) is 7.15. The third-order valence-electron chi connectivity index (χ3n) is 2.53. The van der Waals surface area contributed by atoms with Crippen molar-refractivity contribution < 1.29 is 4.74 Å². The zero-order valence-electron chi connectivity index (χ0n) is 10.1. The quantitative estimate of drug-likeness (QED) is 0.529. The smallest absolute Gasteiger partial charge is 0.119 e. The summed E-state index contributed by atoms with van der Waals surface area (Å²) in [5, 5.41) is 0. The Morgan fingerprint density at radius 3 is 2.44 bits per heavy atom. The third-order valence-corrected chi connectivity index (χ3v) is 2.85. The number of hydrogen-bond donors (Lipinski definition) is 1. The van der Waals surface area contributed by atoms with Crippen molar-refractivity contribution in [1.29, 1.82) is 0 Å². The van der Waals surface area contributed by atoms with Gasteiger partial charge in [-0.25, -0.2) is 0 Å². The molecule has 1 rings (SSSR count). The van der Waals surface area contributed by atoms with Gasteiger partial charge < -0.3 is 4.74 Å². The lowest BCUT2D eigenvalue weighted by atomic mass is 10.1. The van der Waals surface area contributed by atoms with Crippen molar-refractivity contribution in [2.45, 2.75) is 39.0 Å². The van der Waals surface area contributed by atoms with E-state index < -0.39 is 0 Å². The average molecular weight is 238 g/mol. The largest absolute Gasteiger partial charge is 0.494 e. The summed E-state index contributed by atoms with van der Waals surface area (Å²) in [4.78, 5) is 0. The molecule has 90 valence electrons. The summed E-state index contributed by atoms with van der Waals surface area (Å²) < 4.78 is 5.66. The molecular formula is C14H22OS. The first kappa shape index (κ1) is 13.4. The monoisotopic (exact) mass is 238 g/mol. The molecular weight excluding hydrogens is 216 g/mol. The lowest BCUT2D eigenvalue weighted by Gasteiger charge is -2.06. The number of unbranched alkanes of at least 4 members (excludes halogenated alkanes) is 2. The second-order valence-electron chi connectivity index (χ2n) is 4.03. The van der Waals surface area contributed by atoms with Crippen LogP contribution in [0.5, 0.6) is 5.75 Å². The number of rotatable bonds is 8. The zero-order chi connectivity index (χ0) is 11.6. The predicted octanol–water partition coefficient (Wildman–Crippen LogP) is 4.12. The molecule has 0 heterocycles. The summed E-state index contributed by atoms with van der Waals surface area (Å²) in [6.07, 6.45) is 5.86. The van der Waals surface area contributed by atoms with E-state index in [0.717, 1.165) is 31.0 Å². The van der Waals surface area contributed by atoms with E-state index in [1.807, 2.05) is 0 Å². The van der Waals surface area contributed by atoms with E-state index in [-0.39, 0.29) is 0 Å². The van der Waals surface area contributed by atoms with Gasteiger partial charge in [0.1, 0.15) is 5.75 Å². The van der Waals surface area contributed by atoms with Crippen LogP contribution in [0.2, 0.25) is 0 Å². The lowest BCUT2D eigenvalue weighted by Crippen LogP contribution is -1.97. The molecule has 0 bridgehead atoms. The summed E-state index contributed by atoms with van der Waals surface area (Å²) in [6, 6.07) is 8.46. The van der Waals surface area contributed by atoms with Gasteiger partial charge in [-0.15, -0.1) is 0 Å². The molecule has 1 nitrogen and oxygen atoms in total. The van der Waals surface area contributed by atoms with Gasteiger partial charge in [-0.3, -0.25) is 0 Å². The van der Waals surface area contributed by atoms with Crippen LogP contribution in [0.3, 0.4) is 0 Å². The van der Waals surface area contributed by atoms with Crippen molar-refractivity contribution in [2.24, 2.45) is 0 Å². The molecule has 2 heteroatoms. The third kappa shape index (κ3) is 5.45. The maximum Gasteiger partial charge on any atom is 0.119 e. The predicted molar refractivity (Wildman–Crippen MR) is 73.6 cm³/mol. The Bertz CT molecular complexity index is 269. The second-order valence-corrected chi connectivity index (χ2v) is 4.47. The molecule has 0 amide bonds. The topological polar surface area (TPSA) is 9.23 Å². The van der Waals surface area contributed by atoms with Crippen molar-refractivity contribution in [3.05, 3.63) is 29.8 Å². The van der Waals surface area contributed by atoms with Crippen LogP contribution in [0.1, 0.15) is 38.2 Å². The summed E-state index contributed by atoms with van der Waals surface area (Å²) in [5.41, 5.74) is 1.39. The molecule has 0 aliphatic carbocycles. The molecule has 1 aromatic rings. The van der Waals surface area contributed by atoms with Gasteiger partial charge in [-0.1, -0.05) is 25.5 Å². The maximum absolute atomic E-state index is 5.66. The zero-order valence-corrected chi connectivity index (χ0v) is 11.0. The highest BCUT2D eigenvalue weighted by Crippen LogP contribution is 2.13. The summed E-state index contributed by atoms with van der Waals surface area (Å²) in [5.74, 6) is 1.97. The van der Waals surface area contributed by atoms with Crippen LogP contribution < -0.4 is 4.74 Å². The molecule has 0 atom stereocenters. The van der Waals surface area contributed by atoms with Gasteiger partial charge in [0, 0.05) is 0 Å². The van der Waals surface area contributed by atoms with Crippen LogP contribution in [0.25, 0.3) is 0 Å². The normalized spacial score (nSPS) is 10.4. The van der Waals surface area contributed by atoms with E-state index in [0.29, 0.717) is 0 Å². The number of aryl methyl sites for hydroxylation is 1. The molecule has 0 unspecified atom stereocenters. The second kappa shape index (κ2) is 8.51. The van der Waals surface area contributed by atoms with Crippen LogP contribution in [0.15, 0.2) is 24.3 Å². The highest BCUT2D eigenvalue weighted by Gasteiger charge is 1.95. The van der Waals surface area contributed by atoms with Crippen molar-refractivity contribution >= 4 is 12.6 Å². The average Bonchev–Trinajstić information content (AvgIpc) is 2.31. The van der Waals surface area contributed by atoms with Crippen molar-refractivity contribution in [1.82, 2.24) is 0 Å². The maximum atomic E-state index is 5.66. The van der Waals surface area contributed by atoms with Crippen LogP contribution in [-0.4, -0.2) is 12.4 Å². The van der Waals surface area contributed by atoms with Gasteiger partial charge in [0.05, 0.1) is 6.61 Å². The van der Waals surface area contributed by atoms with E-state index in [4.69, 9.17) is 4.74 Å². The fourth-order valence-corrected chi connectivity index (χ4v) is 1.85. The van der Waals surface area contributed by atoms with Crippen LogP contribution in [0.4, 0.5) is 0 Å². The number of benzene rings is 1. The Morgan fingerprint density at radius 1 is 1.06 bits per heavy atom. The molecule has 0 spiro atoms. The first-order valence-corrected chi connectivity index (χ1v) is 6.82. The standard InChI is InChI=1S/C14H22OS/c1-2-6-13-7-9-14(10-8-13)15-11-4-3-5-12-16/h7-10,16H,2-6,11-12H2,1H3. The first-order chi connectivity index (χ1) is 7.86. The van der Waals surface area contributed by atoms with E-state index in [9.17, 15) is 0 Å². The molecule has 0 fully saturated rings. The number of thiol groups is 1. The fourth-order valence-electron chi connectivity index (χ4n) is 1.62. The minimum Gasteiger partial charge on any atom is -0.494 e. The molecule has 0 saturated heterocycles. The minimum absolute atomic E-state index is 0.820. The fraction of sp³-hybridized carbons (Fsp3) is 0.571. The molecule has 0 radical (unpaired) electrons. The van der Waals surface area contributed by atoms with Gasteiger partial charge in [-0.05, 0) is 49.1 Å². The van der Waals surface area contributed by atoms with Crippen LogP contribution in [0, 0.1) is 0 Å². The Labute approximate surface area is 105 Å². The van der Waals surface area contributed by atoms with Crippen molar-refractivity contribution in [2.75, 3.05) is 12.4 Å². The van der Waals surface area contributed by atoms with Gasteiger partial charge in [-0.2, -0.15) is 12.6 Å². The lowest BCUT2D eigenvalue weighted by molar-refractivity contribution is 0.306. The highest BCUT2D eigenvalue weighted by molar-refractivity contribution is 7.80. The Hall–Kier alpha value is -0.630. The van der Waals surface area contributed by atoms with Gasteiger partial charge in [0.25, 0.3) is 0 Å². The molecule has 0 aromatic heterocycles. The Morgan fingerprint density at radius 2 is 1.81 bits per heavy atom. The molecule has 16 heavy (non-hydrogen) atoms. The molecule has 1 aromatic carbocycles. The summed E-state index contributed by atoms with van der Waals surface area (Å²) in [7, 11) is 0. The highest BCUT2D eigenvalue weighted by atomic mass is 32.1. The number of hydrogen-bond acceptors (Lipinski definition) is 2. The molecule has 0 saturated carbocycles. The van der Waals surface area contributed by atoms with Crippen molar-refractivity contribution in [3.8, 4) is 5.75 Å². The SMILES string of the molecule is CCCc1ccc(OCCCCCS)cc1. The molecule has 0 N–H and O–H groups in total. The molecule has 0 aliphatic rings. The first-order valence-electron chi connectivity index (χ1n) is 6.19. The van der Waals surface area contributed by atoms with Crippen molar-refractivity contribution in [3.63, 3.8) is 0 Å². The van der Waals surface area contributed by atoms with Crippen LogP contribution >= 0.6 is 12.6 Å². The van der Waals surface area contributed by atoms with Gasteiger partial charge in [0.2, 0.25) is 0 Å². The number of ether oxygens (including phenoxy) is 1. The van der Waals surface area contributed by atoms with E-state index in [1.54, 1.807) is 0 Å². The molecule has 0 aliphatic heterocycles. The van der Waals surface area contributed by atoms with E-state index in [1.165, 1.54) is 24.8 Å².